The van der Waals surface area contributed by atoms with Crippen molar-refractivity contribution in [3.63, 3.8) is 0 Å². The Bertz CT molecular complexity index is 635. The lowest BCUT2D eigenvalue weighted by Gasteiger charge is -2.30. The lowest BCUT2D eigenvalue weighted by Crippen LogP contribution is -2.30. The molecule has 110 valence electrons. The summed E-state index contributed by atoms with van der Waals surface area (Å²) in [5.74, 6) is 6.27. The Hall–Kier alpha value is -1.71. The molecule has 3 N–H and O–H groups in total. The van der Waals surface area contributed by atoms with Crippen LogP contribution in [-0.2, 0) is 0 Å². The Morgan fingerprint density at radius 3 is 2.57 bits per heavy atom. The maximum Gasteiger partial charge on any atom is 0.126 e. The minimum atomic E-state index is -0.179. The van der Waals surface area contributed by atoms with Crippen LogP contribution in [0.4, 0.5) is 4.39 Å². The van der Waals surface area contributed by atoms with Gasteiger partial charge in [-0.2, -0.15) is 0 Å². The summed E-state index contributed by atoms with van der Waals surface area (Å²) in [4.78, 5) is 0. The van der Waals surface area contributed by atoms with Crippen molar-refractivity contribution in [2.75, 3.05) is 0 Å². The normalized spacial score (nSPS) is 16.5. The molecule has 1 fully saturated rings. The zero-order chi connectivity index (χ0) is 14.8. The maximum atomic E-state index is 13.5. The van der Waals surface area contributed by atoms with Crippen LogP contribution in [0.2, 0.25) is 0 Å². The standard InChI is InChI=1S/C18H21FN2/c1-12-11-14(9-10-17(12)19)18(21-20)16-8-3-2-7-15(16)13-5-4-6-13/h2-3,7-11,13,18,21H,4-6,20H2,1H3. The highest BCUT2D eigenvalue weighted by Crippen LogP contribution is 2.40. The molecule has 0 amide bonds. The second-order valence-electron chi connectivity index (χ2n) is 5.87. The lowest BCUT2D eigenvalue weighted by molar-refractivity contribution is 0.414. The fourth-order valence-corrected chi connectivity index (χ4v) is 3.08. The predicted octanol–water partition coefficient (Wildman–Crippen LogP) is 3.95. The fraction of sp³-hybridized carbons (Fsp3) is 0.333. The molecular weight excluding hydrogens is 263 g/mol. The van der Waals surface area contributed by atoms with E-state index in [1.807, 2.05) is 18.2 Å². The van der Waals surface area contributed by atoms with E-state index in [1.54, 1.807) is 6.92 Å². The molecule has 3 rings (SSSR count). The average Bonchev–Trinajstić information content (AvgIpc) is 2.43. The van der Waals surface area contributed by atoms with Gasteiger partial charge >= 0.3 is 0 Å². The van der Waals surface area contributed by atoms with Crippen LogP contribution in [-0.4, -0.2) is 0 Å². The molecule has 0 spiro atoms. The summed E-state index contributed by atoms with van der Waals surface area (Å²) in [7, 11) is 0. The minimum absolute atomic E-state index is 0.0962. The van der Waals surface area contributed by atoms with Gasteiger partial charge in [-0.3, -0.25) is 5.84 Å². The van der Waals surface area contributed by atoms with E-state index in [2.05, 4.69) is 23.6 Å². The van der Waals surface area contributed by atoms with Gasteiger partial charge in [0.1, 0.15) is 5.82 Å². The van der Waals surface area contributed by atoms with E-state index in [-0.39, 0.29) is 11.9 Å². The highest BCUT2D eigenvalue weighted by molar-refractivity contribution is 5.41. The van der Waals surface area contributed by atoms with Crippen molar-refractivity contribution in [1.82, 2.24) is 5.43 Å². The second kappa shape index (κ2) is 5.96. The minimum Gasteiger partial charge on any atom is -0.271 e. The first-order chi connectivity index (χ1) is 10.2. The summed E-state index contributed by atoms with van der Waals surface area (Å²) in [6.07, 6.45) is 3.79. The number of benzene rings is 2. The summed E-state index contributed by atoms with van der Waals surface area (Å²) >= 11 is 0. The second-order valence-corrected chi connectivity index (χ2v) is 5.87. The molecule has 1 aliphatic carbocycles. The third-order valence-electron chi connectivity index (χ3n) is 4.53. The third kappa shape index (κ3) is 2.71. The molecule has 0 aromatic heterocycles. The first kappa shape index (κ1) is 14.2. The molecule has 3 heteroatoms. The molecule has 0 saturated heterocycles. The van der Waals surface area contributed by atoms with Crippen molar-refractivity contribution in [2.24, 2.45) is 5.84 Å². The molecule has 0 aliphatic heterocycles. The quantitative estimate of drug-likeness (QED) is 0.659. The number of halogens is 1. The first-order valence-electron chi connectivity index (χ1n) is 7.51. The number of hydrogen-bond acceptors (Lipinski definition) is 2. The van der Waals surface area contributed by atoms with Gasteiger partial charge in [0.25, 0.3) is 0 Å². The Morgan fingerprint density at radius 1 is 1.19 bits per heavy atom. The third-order valence-corrected chi connectivity index (χ3v) is 4.53. The number of aryl methyl sites for hydroxylation is 1. The fourth-order valence-electron chi connectivity index (χ4n) is 3.08. The average molecular weight is 284 g/mol. The molecule has 1 aliphatic rings. The van der Waals surface area contributed by atoms with E-state index in [1.165, 1.54) is 36.5 Å². The van der Waals surface area contributed by atoms with Gasteiger partial charge in [-0.1, -0.05) is 42.8 Å². The van der Waals surface area contributed by atoms with E-state index in [4.69, 9.17) is 5.84 Å². The summed E-state index contributed by atoms with van der Waals surface area (Å²) in [5, 5.41) is 0. The van der Waals surface area contributed by atoms with Gasteiger partial charge in [0.15, 0.2) is 0 Å². The van der Waals surface area contributed by atoms with Crippen molar-refractivity contribution >= 4 is 0 Å². The van der Waals surface area contributed by atoms with Crippen LogP contribution in [0.15, 0.2) is 42.5 Å². The van der Waals surface area contributed by atoms with Crippen LogP contribution in [0, 0.1) is 12.7 Å². The maximum absolute atomic E-state index is 13.5. The molecule has 0 heterocycles. The molecule has 21 heavy (non-hydrogen) atoms. The summed E-state index contributed by atoms with van der Waals surface area (Å²) in [5.41, 5.74) is 7.13. The SMILES string of the molecule is Cc1cc(C(NN)c2ccccc2C2CCC2)ccc1F. The Labute approximate surface area is 125 Å². The van der Waals surface area contributed by atoms with Gasteiger partial charge in [0.05, 0.1) is 6.04 Å². The van der Waals surface area contributed by atoms with Gasteiger partial charge in [-0.05, 0) is 54.0 Å². The number of rotatable bonds is 4. The van der Waals surface area contributed by atoms with E-state index in [0.717, 1.165) is 5.56 Å². The van der Waals surface area contributed by atoms with E-state index >= 15 is 0 Å². The van der Waals surface area contributed by atoms with Crippen LogP contribution in [0.5, 0.6) is 0 Å². The van der Waals surface area contributed by atoms with Gasteiger partial charge in [-0.25, -0.2) is 9.82 Å². The Kier molecular flexibility index (Phi) is 4.04. The number of hydrogen-bond donors (Lipinski definition) is 2. The molecule has 1 atom stereocenters. The van der Waals surface area contributed by atoms with Crippen LogP contribution in [0.3, 0.4) is 0 Å². The Morgan fingerprint density at radius 2 is 1.95 bits per heavy atom. The topological polar surface area (TPSA) is 38.0 Å². The number of nitrogens with two attached hydrogens (primary N) is 1. The van der Waals surface area contributed by atoms with Gasteiger partial charge in [-0.15, -0.1) is 0 Å². The zero-order valence-corrected chi connectivity index (χ0v) is 12.3. The van der Waals surface area contributed by atoms with Crippen molar-refractivity contribution < 1.29 is 4.39 Å². The van der Waals surface area contributed by atoms with Crippen molar-refractivity contribution in [3.8, 4) is 0 Å². The molecular formula is C18H21FN2. The largest absolute Gasteiger partial charge is 0.271 e. The van der Waals surface area contributed by atoms with Crippen LogP contribution >= 0.6 is 0 Å². The molecule has 0 radical (unpaired) electrons. The highest BCUT2D eigenvalue weighted by Gasteiger charge is 2.25. The summed E-state index contributed by atoms with van der Waals surface area (Å²) in [6.45, 7) is 1.78. The van der Waals surface area contributed by atoms with E-state index in [9.17, 15) is 4.39 Å². The highest BCUT2D eigenvalue weighted by atomic mass is 19.1. The lowest BCUT2D eigenvalue weighted by atomic mass is 9.76. The van der Waals surface area contributed by atoms with Crippen LogP contribution in [0.25, 0.3) is 0 Å². The van der Waals surface area contributed by atoms with Crippen molar-refractivity contribution in [2.45, 2.75) is 38.1 Å². The van der Waals surface area contributed by atoms with E-state index < -0.39 is 0 Å². The van der Waals surface area contributed by atoms with Gasteiger partial charge in [0.2, 0.25) is 0 Å². The molecule has 2 aromatic carbocycles. The van der Waals surface area contributed by atoms with Crippen molar-refractivity contribution in [3.05, 3.63) is 70.5 Å². The molecule has 1 saturated carbocycles. The molecule has 1 unspecified atom stereocenters. The monoisotopic (exact) mass is 284 g/mol. The van der Waals surface area contributed by atoms with Gasteiger partial charge in [0, 0.05) is 0 Å². The van der Waals surface area contributed by atoms with E-state index in [0.29, 0.717) is 11.5 Å². The smallest absolute Gasteiger partial charge is 0.126 e. The summed E-state index contributed by atoms with van der Waals surface area (Å²) < 4.78 is 13.5. The molecule has 2 nitrogen and oxygen atoms in total. The van der Waals surface area contributed by atoms with Crippen molar-refractivity contribution in [1.29, 1.82) is 0 Å². The number of nitrogens with one attached hydrogen (secondary N) is 1. The first-order valence-corrected chi connectivity index (χ1v) is 7.51. The molecule has 0 bridgehead atoms. The predicted molar refractivity (Wildman–Crippen MR) is 83.3 cm³/mol. The van der Waals surface area contributed by atoms with Crippen LogP contribution in [0.1, 0.15) is 53.5 Å². The molecule has 2 aromatic rings. The summed E-state index contributed by atoms with van der Waals surface area (Å²) in [6, 6.07) is 13.5. The van der Waals surface area contributed by atoms with Crippen LogP contribution < -0.4 is 11.3 Å². The zero-order valence-electron chi connectivity index (χ0n) is 12.3. The number of hydrazine groups is 1. The Balaban J connectivity index is 2.01. The van der Waals surface area contributed by atoms with Gasteiger partial charge < -0.3 is 0 Å².